The number of hydrogen-bond acceptors (Lipinski definition) is 3. The molecule has 0 heterocycles. The van der Waals surface area contributed by atoms with Crippen molar-refractivity contribution in [3.05, 3.63) is 68.7 Å². The Labute approximate surface area is 152 Å². The molecule has 0 saturated heterocycles. The largest absolute Gasteiger partial charge is 0.379 e. The maximum absolute atomic E-state index is 12.4. The van der Waals surface area contributed by atoms with Gasteiger partial charge >= 0.3 is 0 Å². The molecule has 120 valence electrons. The van der Waals surface area contributed by atoms with Gasteiger partial charge in [-0.1, -0.05) is 51.4 Å². The van der Waals surface area contributed by atoms with Crippen LogP contribution in [0.1, 0.15) is 21.5 Å². The van der Waals surface area contributed by atoms with Gasteiger partial charge in [0, 0.05) is 27.4 Å². The normalized spacial score (nSPS) is 10.3. The molecule has 4 nitrogen and oxygen atoms in total. The van der Waals surface area contributed by atoms with E-state index in [2.05, 4.69) is 21.2 Å². The Morgan fingerprint density at radius 1 is 1.26 bits per heavy atom. The van der Waals surface area contributed by atoms with E-state index >= 15 is 0 Å². The molecule has 0 atom stereocenters. The summed E-state index contributed by atoms with van der Waals surface area (Å²) < 4.78 is 0.880. The van der Waals surface area contributed by atoms with Crippen LogP contribution < -0.4 is 11.1 Å². The van der Waals surface area contributed by atoms with Crippen molar-refractivity contribution in [2.24, 2.45) is 5.73 Å². The molecule has 2 rings (SSSR count). The second kappa shape index (κ2) is 8.38. The fourth-order valence-electron chi connectivity index (χ4n) is 1.94. The highest BCUT2D eigenvalue weighted by atomic mass is 79.9. The quantitative estimate of drug-likeness (QED) is 0.509. The van der Waals surface area contributed by atoms with Crippen LogP contribution >= 0.6 is 39.3 Å². The zero-order valence-electron chi connectivity index (χ0n) is 12.1. The molecule has 0 aliphatic rings. The molecule has 0 bridgehead atoms. The molecule has 2 aromatic rings. The molecular weight excluding hydrogens is 398 g/mol. The standard InChI is InChI=1S/C16H15BrClN3OS/c17-12-3-6-14(11(7-12)9-23-16(19)20)15(22)21-8-10-1-4-13(18)5-2-10/h1-7H,8-9H2,(H3,19,20)(H,21,22). The first-order valence-corrected chi connectivity index (χ1v) is 8.89. The molecule has 0 aliphatic carbocycles. The Balaban J connectivity index is 2.08. The van der Waals surface area contributed by atoms with Crippen molar-refractivity contribution in [2.45, 2.75) is 12.3 Å². The first-order chi connectivity index (χ1) is 11.0. The molecule has 0 radical (unpaired) electrons. The van der Waals surface area contributed by atoms with Crippen LogP contribution in [0.25, 0.3) is 0 Å². The van der Waals surface area contributed by atoms with Crippen LogP contribution in [-0.4, -0.2) is 11.1 Å². The van der Waals surface area contributed by atoms with Crippen LogP contribution in [0.3, 0.4) is 0 Å². The van der Waals surface area contributed by atoms with E-state index in [0.717, 1.165) is 15.6 Å². The van der Waals surface area contributed by atoms with Gasteiger partial charge in [0.1, 0.15) is 0 Å². The zero-order chi connectivity index (χ0) is 16.8. The number of carbonyl (C=O) groups is 1. The molecule has 0 fully saturated rings. The molecule has 0 unspecified atom stereocenters. The molecule has 23 heavy (non-hydrogen) atoms. The first-order valence-electron chi connectivity index (χ1n) is 6.73. The van der Waals surface area contributed by atoms with E-state index in [9.17, 15) is 4.79 Å². The van der Waals surface area contributed by atoms with Crippen molar-refractivity contribution in [1.82, 2.24) is 5.32 Å². The van der Waals surface area contributed by atoms with Crippen LogP contribution in [0.15, 0.2) is 46.9 Å². The van der Waals surface area contributed by atoms with E-state index in [4.69, 9.17) is 22.7 Å². The minimum absolute atomic E-state index is 0.0255. The van der Waals surface area contributed by atoms with Gasteiger partial charge < -0.3 is 11.1 Å². The van der Waals surface area contributed by atoms with Crippen molar-refractivity contribution in [3.8, 4) is 0 Å². The predicted molar refractivity (Wildman–Crippen MR) is 100.0 cm³/mol. The number of amidine groups is 1. The number of amides is 1. The molecule has 0 saturated carbocycles. The van der Waals surface area contributed by atoms with Crippen LogP contribution in [0.2, 0.25) is 5.02 Å². The van der Waals surface area contributed by atoms with Gasteiger partial charge in [0.25, 0.3) is 5.91 Å². The van der Waals surface area contributed by atoms with E-state index in [-0.39, 0.29) is 11.1 Å². The first kappa shape index (κ1) is 17.8. The monoisotopic (exact) mass is 411 g/mol. The molecular formula is C16H15BrClN3OS. The number of hydrogen-bond donors (Lipinski definition) is 3. The third-order valence-corrected chi connectivity index (χ3v) is 4.57. The Morgan fingerprint density at radius 2 is 1.96 bits per heavy atom. The molecule has 0 aliphatic heterocycles. The smallest absolute Gasteiger partial charge is 0.251 e. The SMILES string of the molecule is N=C(N)SCc1cc(Br)ccc1C(=O)NCc1ccc(Cl)cc1. The average Bonchev–Trinajstić information content (AvgIpc) is 2.52. The summed E-state index contributed by atoms with van der Waals surface area (Å²) in [6.45, 7) is 0.422. The zero-order valence-corrected chi connectivity index (χ0v) is 15.3. The van der Waals surface area contributed by atoms with Gasteiger partial charge in [0.15, 0.2) is 5.17 Å². The van der Waals surface area contributed by atoms with E-state index < -0.39 is 0 Å². The van der Waals surface area contributed by atoms with Crippen molar-refractivity contribution in [2.75, 3.05) is 0 Å². The van der Waals surface area contributed by atoms with Gasteiger partial charge in [-0.25, -0.2) is 0 Å². The van der Waals surface area contributed by atoms with Gasteiger partial charge in [-0.3, -0.25) is 10.2 Å². The van der Waals surface area contributed by atoms with E-state index in [1.54, 1.807) is 18.2 Å². The number of nitrogens with two attached hydrogens (primary N) is 1. The molecule has 0 aromatic heterocycles. The second-order valence-corrected chi connectivity index (χ2v) is 7.13. The minimum Gasteiger partial charge on any atom is -0.379 e. The minimum atomic E-state index is -0.161. The third kappa shape index (κ3) is 5.57. The third-order valence-electron chi connectivity index (χ3n) is 3.06. The predicted octanol–water partition coefficient (Wildman–Crippen LogP) is 4.16. The summed E-state index contributed by atoms with van der Waals surface area (Å²) in [5, 5.41) is 10.9. The highest BCUT2D eigenvalue weighted by molar-refractivity contribution is 9.10. The fourth-order valence-corrected chi connectivity index (χ4v) is 3.02. The summed E-state index contributed by atoms with van der Waals surface area (Å²) in [7, 11) is 0. The number of halogens is 2. The number of thioether (sulfide) groups is 1. The maximum atomic E-state index is 12.4. The Bertz CT molecular complexity index is 722. The van der Waals surface area contributed by atoms with Crippen LogP contribution in [0.5, 0.6) is 0 Å². The maximum Gasteiger partial charge on any atom is 0.251 e. The van der Waals surface area contributed by atoms with Gasteiger partial charge in [-0.15, -0.1) is 0 Å². The molecule has 2 aromatic carbocycles. The Morgan fingerprint density at radius 3 is 2.61 bits per heavy atom. The Kier molecular flexibility index (Phi) is 6.50. The number of benzene rings is 2. The van der Waals surface area contributed by atoms with Crippen LogP contribution in [0, 0.1) is 5.41 Å². The van der Waals surface area contributed by atoms with Gasteiger partial charge in [-0.2, -0.15) is 0 Å². The summed E-state index contributed by atoms with van der Waals surface area (Å²) in [6.07, 6.45) is 0. The van der Waals surface area contributed by atoms with Crippen molar-refractivity contribution >= 4 is 50.4 Å². The van der Waals surface area contributed by atoms with E-state index in [1.165, 1.54) is 11.8 Å². The lowest BCUT2D eigenvalue weighted by molar-refractivity contribution is 0.0950. The lowest BCUT2D eigenvalue weighted by Gasteiger charge is -2.11. The topological polar surface area (TPSA) is 79.0 Å². The van der Waals surface area contributed by atoms with Crippen molar-refractivity contribution < 1.29 is 4.79 Å². The molecule has 4 N–H and O–H groups in total. The summed E-state index contributed by atoms with van der Waals surface area (Å²) in [5.41, 5.74) is 7.75. The summed E-state index contributed by atoms with van der Waals surface area (Å²) in [6, 6.07) is 12.8. The van der Waals surface area contributed by atoms with Crippen LogP contribution in [0.4, 0.5) is 0 Å². The molecule has 0 spiro atoms. The highest BCUT2D eigenvalue weighted by Gasteiger charge is 2.12. The summed E-state index contributed by atoms with van der Waals surface area (Å²) in [5.74, 6) is 0.310. The van der Waals surface area contributed by atoms with Gasteiger partial charge in [-0.05, 0) is 41.5 Å². The summed E-state index contributed by atoms with van der Waals surface area (Å²) >= 11 is 10.4. The Hall–Kier alpha value is -1.50. The lowest BCUT2D eigenvalue weighted by atomic mass is 10.1. The van der Waals surface area contributed by atoms with Crippen molar-refractivity contribution in [1.29, 1.82) is 5.41 Å². The molecule has 7 heteroatoms. The van der Waals surface area contributed by atoms with Crippen LogP contribution in [-0.2, 0) is 12.3 Å². The van der Waals surface area contributed by atoms with E-state index in [1.807, 2.05) is 24.3 Å². The molecule has 1 amide bonds. The number of rotatable bonds is 5. The van der Waals surface area contributed by atoms with E-state index in [0.29, 0.717) is 22.9 Å². The van der Waals surface area contributed by atoms with Gasteiger partial charge in [0.05, 0.1) is 0 Å². The number of carbonyl (C=O) groups excluding carboxylic acids is 1. The average molecular weight is 413 g/mol. The second-order valence-electron chi connectivity index (χ2n) is 4.76. The highest BCUT2D eigenvalue weighted by Crippen LogP contribution is 2.21. The van der Waals surface area contributed by atoms with Gasteiger partial charge in [0.2, 0.25) is 0 Å². The van der Waals surface area contributed by atoms with Crippen molar-refractivity contribution in [3.63, 3.8) is 0 Å². The lowest BCUT2D eigenvalue weighted by Crippen LogP contribution is -2.24. The fraction of sp³-hybridized carbons (Fsp3) is 0.125. The number of nitrogens with one attached hydrogen (secondary N) is 2. The summed E-state index contributed by atoms with van der Waals surface area (Å²) in [4.78, 5) is 12.4.